The minimum atomic E-state index is -0.282. The van der Waals surface area contributed by atoms with Crippen molar-refractivity contribution in [1.82, 2.24) is 4.98 Å². The summed E-state index contributed by atoms with van der Waals surface area (Å²) in [5.74, 6) is 0.316. The number of aromatic nitrogens is 1. The zero-order valence-corrected chi connectivity index (χ0v) is 12.4. The molecule has 18 heavy (non-hydrogen) atoms. The number of hydrogen-bond donors (Lipinski definition) is 1. The molecule has 0 radical (unpaired) electrons. The van der Waals surface area contributed by atoms with Gasteiger partial charge in [-0.2, -0.15) is 0 Å². The molecule has 0 aliphatic rings. The number of esters is 1. The maximum absolute atomic E-state index is 11.6. The molecular formula is C12H18BrN3O2. The highest BCUT2D eigenvalue weighted by molar-refractivity contribution is 9.10. The highest BCUT2D eigenvalue weighted by Crippen LogP contribution is 2.25. The number of carbonyl (C=O) groups is 1. The van der Waals surface area contributed by atoms with Crippen molar-refractivity contribution >= 4 is 33.4 Å². The van der Waals surface area contributed by atoms with E-state index in [-0.39, 0.29) is 18.6 Å². The predicted octanol–water partition coefficient (Wildman–Crippen LogP) is 2.20. The Kier molecular flexibility index (Phi) is 5.40. The molecule has 0 amide bonds. The molecule has 0 aliphatic carbocycles. The molecule has 1 aromatic rings. The molecule has 5 nitrogen and oxygen atoms in total. The van der Waals surface area contributed by atoms with Crippen molar-refractivity contribution in [3.63, 3.8) is 0 Å². The number of nitrogens with zero attached hydrogens (tertiary/aromatic N) is 2. The SMILES string of the molecule is CCOC(=O)CN(c1ncc(Br)cc1N)C(C)C. The predicted molar refractivity (Wildman–Crippen MR) is 75.5 cm³/mol. The Morgan fingerprint density at radius 1 is 1.61 bits per heavy atom. The quantitative estimate of drug-likeness (QED) is 0.844. The van der Waals surface area contributed by atoms with Crippen LogP contribution in [-0.4, -0.2) is 30.1 Å². The lowest BCUT2D eigenvalue weighted by Gasteiger charge is -2.27. The van der Waals surface area contributed by atoms with E-state index in [0.29, 0.717) is 18.1 Å². The van der Waals surface area contributed by atoms with Crippen LogP contribution >= 0.6 is 15.9 Å². The van der Waals surface area contributed by atoms with Crippen molar-refractivity contribution in [1.29, 1.82) is 0 Å². The zero-order valence-electron chi connectivity index (χ0n) is 10.8. The fourth-order valence-electron chi connectivity index (χ4n) is 1.54. The summed E-state index contributed by atoms with van der Waals surface area (Å²) in [7, 11) is 0. The first-order valence-corrected chi connectivity index (χ1v) is 6.58. The average Bonchev–Trinajstić information content (AvgIpc) is 2.27. The van der Waals surface area contributed by atoms with Crippen molar-refractivity contribution in [2.45, 2.75) is 26.8 Å². The van der Waals surface area contributed by atoms with Crippen LogP contribution in [0.3, 0.4) is 0 Å². The van der Waals surface area contributed by atoms with Gasteiger partial charge in [0, 0.05) is 16.7 Å². The summed E-state index contributed by atoms with van der Waals surface area (Å²) in [4.78, 5) is 17.6. The van der Waals surface area contributed by atoms with Crippen LogP contribution in [0.1, 0.15) is 20.8 Å². The van der Waals surface area contributed by atoms with Crippen LogP contribution in [0, 0.1) is 0 Å². The van der Waals surface area contributed by atoms with E-state index in [1.807, 2.05) is 18.7 Å². The molecular weight excluding hydrogens is 298 g/mol. The van der Waals surface area contributed by atoms with E-state index < -0.39 is 0 Å². The van der Waals surface area contributed by atoms with E-state index in [0.717, 1.165) is 4.47 Å². The van der Waals surface area contributed by atoms with Crippen LogP contribution in [-0.2, 0) is 9.53 Å². The lowest BCUT2D eigenvalue weighted by molar-refractivity contribution is -0.141. The molecule has 100 valence electrons. The van der Waals surface area contributed by atoms with Crippen molar-refractivity contribution in [2.24, 2.45) is 0 Å². The van der Waals surface area contributed by atoms with E-state index in [2.05, 4.69) is 20.9 Å². The van der Waals surface area contributed by atoms with Gasteiger partial charge in [0.15, 0.2) is 5.82 Å². The van der Waals surface area contributed by atoms with Gasteiger partial charge >= 0.3 is 5.97 Å². The van der Waals surface area contributed by atoms with E-state index in [4.69, 9.17) is 10.5 Å². The van der Waals surface area contributed by atoms with Gasteiger partial charge in [-0.25, -0.2) is 4.98 Å². The average molecular weight is 316 g/mol. The molecule has 0 spiro atoms. The topological polar surface area (TPSA) is 68.5 Å². The molecule has 0 saturated heterocycles. The van der Waals surface area contributed by atoms with Crippen LogP contribution < -0.4 is 10.6 Å². The molecule has 0 atom stereocenters. The Morgan fingerprint density at radius 3 is 2.78 bits per heavy atom. The molecule has 0 aromatic carbocycles. The monoisotopic (exact) mass is 315 g/mol. The summed E-state index contributed by atoms with van der Waals surface area (Å²) < 4.78 is 5.76. The number of hydrogen-bond acceptors (Lipinski definition) is 5. The first-order valence-electron chi connectivity index (χ1n) is 5.79. The first-order chi connectivity index (χ1) is 8.45. The summed E-state index contributed by atoms with van der Waals surface area (Å²) in [5.41, 5.74) is 6.45. The third-order valence-corrected chi connectivity index (χ3v) is 2.80. The Bertz CT molecular complexity index is 424. The highest BCUT2D eigenvalue weighted by atomic mass is 79.9. The van der Waals surface area contributed by atoms with Crippen molar-refractivity contribution in [3.05, 3.63) is 16.7 Å². The number of ether oxygens (including phenoxy) is 1. The number of rotatable bonds is 5. The fraction of sp³-hybridized carbons (Fsp3) is 0.500. The summed E-state index contributed by atoms with van der Waals surface area (Å²) in [5, 5.41) is 0. The summed E-state index contributed by atoms with van der Waals surface area (Å²) in [6, 6.07) is 1.87. The van der Waals surface area contributed by atoms with Crippen LogP contribution in [0.15, 0.2) is 16.7 Å². The largest absolute Gasteiger partial charge is 0.465 e. The fourth-order valence-corrected chi connectivity index (χ4v) is 1.88. The second-order valence-electron chi connectivity index (χ2n) is 4.09. The molecule has 0 fully saturated rings. The molecule has 1 aromatic heterocycles. The van der Waals surface area contributed by atoms with E-state index >= 15 is 0 Å². The minimum Gasteiger partial charge on any atom is -0.465 e. The van der Waals surface area contributed by atoms with Gasteiger partial charge < -0.3 is 15.4 Å². The minimum absolute atomic E-state index is 0.102. The number of pyridine rings is 1. The molecule has 0 saturated carbocycles. The number of halogens is 1. The van der Waals surface area contributed by atoms with E-state index in [1.165, 1.54) is 0 Å². The Morgan fingerprint density at radius 2 is 2.28 bits per heavy atom. The Hall–Kier alpha value is -1.30. The molecule has 1 heterocycles. The zero-order chi connectivity index (χ0) is 13.7. The molecule has 0 aliphatic heterocycles. The van der Waals surface area contributed by atoms with E-state index in [9.17, 15) is 4.79 Å². The van der Waals surface area contributed by atoms with E-state index in [1.54, 1.807) is 19.2 Å². The normalized spacial score (nSPS) is 10.5. The molecule has 0 unspecified atom stereocenters. The second-order valence-corrected chi connectivity index (χ2v) is 5.01. The lowest BCUT2D eigenvalue weighted by Crippen LogP contribution is -2.37. The number of nitrogen functional groups attached to an aromatic ring is 1. The standard InChI is InChI=1S/C12H18BrN3O2/c1-4-18-11(17)7-16(8(2)3)12-10(14)5-9(13)6-15-12/h5-6,8H,4,7,14H2,1-3H3. The summed E-state index contributed by atoms with van der Waals surface area (Å²) in [6.07, 6.45) is 1.66. The summed E-state index contributed by atoms with van der Waals surface area (Å²) >= 11 is 3.31. The van der Waals surface area contributed by atoms with Gasteiger partial charge in [0.25, 0.3) is 0 Å². The number of anilines is 2. The van der Waals surface area contributed by atoms with Crippen molar-refractivity contribution in [2.75, 3.05) is 23.8 Å². The van der Waals surface area contributed by atoms with Crippen LogP contribution in [0.5, 0.6) is 0 Å². The lowest BCUT2D eigenvalue weighted by atomic mass is 10.2. The maximum atomic E-state index is 11.6. The van der Waals surface area contributed by atoms with Gasteiger partial charge in [-0.1, -0.05) is 0 Å². The smallest absolute Gasteiger partial charge is 0.325 e. The first kappa shape index (κ1) is 14.8. The van der Waals surface area contributed by atoms with Crippen molar-refractivity contribution in [3.8, 4) is 0 Å². The van der Waals surface area contributed by atoms with Crippen LogP contribution in [0.2, 0.25) is 0 Å². The Balaban J connectivity index is 2.94. The Labute approximate surface area is 115 Å². The second kappa shape index (κ2) is 6.58. The van der Waals surface area contributed by atoms with Crippen LogP contribution in [0.25, 0.3) is 0 Å². The summed E-state index contributed by atoms with van der Waals surface area (Å²) in [6.45, 7) is 6.24. The van der Waals surface area contributed by atoms with Gasteiger partial charge in [0.1, 0.15) is 6.54 Å². The van der Waals surface area contributed by atoms with Crippen molar-refractivity contribution < 1.29 is 9.53 Å². The number of carbonyl (C=O) groups excluding carboxylic acids is 1. The van der Waals surface area contributed by atoms with Gasteiger partial charge in [-0.15, -0.1) is 0 Å². The van der Waals surface area contributed by atoms with Gasteiger partial charge in [-0.05, 0) is 42.8 Å². The van der Waals surface area contributed by atoms with Crippen LogP contribution in [0.4, 0.5) is 11.5 Å². The third kappa shape index (κ3) is 3.87. The third-order valence-electron chi connectivity index (χ3n) is 2.36. The molecule has 6 heteroatoms. The van der Waals surface area contributed by atoms with Gasteiger partial charge in [0.05, 0.1) is 12.3 Å². The van der Waals surface area contributed by atoms with Gasteiger partial charge in [-0.3, -0.25) is 4.79 Å². The molecule has 2 N–H and O–H groups in total. The maximum Gasteiger partial charge on any atom is 0.325 e. The number of nitrogens with two attached hydrogens (primary N) is 1. The van der Waals surface area contributed by atoms with Gasteiger partial charge in [0.2, 0.25) is 0 Å². The molecule has 1 rings (SSSR count). The molecule has 0 bridgehead atoms. The highest BCUT2D eigenvalue weighted by Gasteiger charge is 2.19.